The van der Waals surface area contributed by atoms with E-state index in [4.69, 9.17) is 5.73 Å². The monoisotopic (exact) mass is 282 g/mol. The zero-order valence-corrected chi connectivity index (χ0v) is 11.6. The first-order valence-corrected chi connectivity index (χ1v) is 6.63. The first-order chi connectivity index (χ1) is 10.1. The molecule has 0 unspecified atom stereocenters. The van der Waals surface area contributed by atoms with Gasteiger partial charge in [0.05, 0.1) is 6.54 Å². The van der Waals surface area contributed by atoms with E-state index >= 15 is 0 Å². The number of nitrogen functional groups attached to an aromatic ring is 1. The van der Waals surface area contributed by atoms with Gasteiger partial charge in [-0.15, -0.1) is 0 Å². The van der Waals surface area contributed by atoms with Gasteiger partial charge in [0, 0.05) is 11.3 Å². The molecule has 3 rings (SSSR count). The van der Waals surface area contributed by atoms with Crippen molar-refractivity contribution < 1.29 is 4.39 Å². The number of rotatable bonds is 3. The number of aromatic nitrogens is 3. The number of halogens is 1. The Bertz CT molecular complexity index is 745. The van der Waals surface area contributed by atoms with Gasteiger partial charge >= 0.3 is 0 Å². The van der Waals surface area contributed by atoms with E-state index in [1.165, 1.54) is 12.1 Å². The molecule has 0 spiro atoms. The first kappa shape index (κ1) is 13.3. The van der Waals surface area contributed by atoms with Gasteiger partial charge in [-0.3, -0.25) is 0 Å². The van der Waals surface area contributed by atoms with E-state index < -0.39 is 0 Å². The van der Waals surface area contributed by atoms with Gasteiger partial charge in [0.25, 0.3) is 0 Å². The minimum Gasteiger partial charge on any atom is -0.399 e. The summed E-state index contributed by atoms with van der Waals surface area (Å²) < 4.78 is 14.7. The van der Waals surface area contributed by atoms with Gasteiger partial charge in [-0.1, -0.05) is 12.1 Å². The molecule has 0 atom stereocenters. The van der Waals surface area contributed by atoms with Crippen LogP contribution in [0.1, 0.15) is 11.4 Å². The largest absolute Gasteiger partial charge is 0.399 e. The lowest BCUT2D eigenvalue weighted by Gasteiger charge is -2.03. The fourth-order valence-corrected chi connectivity index (χ4v) is 2.09. The summed E-state index contributed by atoms with van der Waals surface area (Å²) in [5, 5.41) is 4.50. The fraction of sp³-hybridized carbons (Fsp3) is 0.125. The van der Waals surface area contributed by atoms with Crippen LogP contribution in [0.5, 0.6) is 0 Å². The number of nitrogens with two attached hydrogens (primary N) is 1. The van der Waals surface area contributed by atoms with Crippen molar-refractivity contribution in [2.45, 2.75) is 13.5 Å². The van der Waals surface area contributed by atoms with Crippen LogP contribution >= 0.6 is 0 Å². The topological polar surface area (TPSA) is 56.7 Å². The van der Waals surface area contributed by atoms with E-state index in [2.05, 4.69) is 10.1 Å². The van der Waals surface area contributed by atoms with Gasteiger partial charge < -0.3 is 5.73 Å². The average molecular weight is 282 g/mol. The van der Waals surface area contributed by atoms with Gasteiger partial charge in [-0.2, -0.15) is 5.10 Å². The zero-order chi connectivity index (χ0) is 14.8. The highest BCUT2D eigenvalue weighted by atomic mass is 19.1. The molecular formula is C16H15FN4. The lowest BCUT2D eigenvalue weighted by Crippen LogP contribution is -2.04. The van der Waals surface area contributed by atoms with Gasteiger partial charge in [0.1, 0.15) is 11.6 Å². The summed E-state index contributed by atoms with van der Waals surface area (Å²) in [5.74, 6) is 1.23. The second-order valence-corrected chi connectivity index (χ2v) is 4.89. The van der Waals surface area contributed by atoms with Crippen molar-refractivity contribution in [3.05, 3.63) is 65.7 Å². The quantitative estimate of drug-likeness (QED) is 0.751. The van der Waals surface area contributed by atoms with Crippen molar-refractivity contribution in [1.29, 1.82) is 0 Å². The summed E-state index contributed by atoms with van der Waals surface area (Å²) in [6.07, 6.45) is 0. The molecule has 0 aliphatic rings. The Morgan fingerprint density at radius 1 is 1.05 bits per heavy atom. The molecule has 5 heteroatoms. The summed E-state index contributed by atoms with van der Waals surface area (Å²) in [6.45, 7) is 2.46. The molecule has 1 aromatic heterocycles. The Kier molecular flexibility index (Phi) is 3.39. The van der Waals surface area contributed by atoms with Crippen molar-refractivity contribution in [2.75, 3.05) is 5.73 Å². The summed E-state index contributed by atoms with van der Waals surface area (Å²) in [4.78, 5) is 4.46. The number of anilines is 1. The molecule has 0 aliphatic heterocycles. The highest BCUT2D eigenvalue weighted by Crippen LogP contribution is 2.18. The Balaban J connectivity index is 1.87. The van der Waals surface area contributed by atoms with E-state index in [0.717, 1.165) is 17.0 Å². The van der Waals surface area contributed by atoms with E-state index in [9.17, 15) is 4.39 Å². The maximum atomic E-state index is 12.9. The predicted octanol–water partition coefficient (Wildman–Crippen LogP) is 3.02. The summed E-state index contributed by atoms with van der Waals surface area (Å²) in [6, 6.07) is 13.8. The van der Waals surface area contributed by atoms with Crippen LogP contribution in [-0.4, -0.2) is 14.8 Å². The third kappa shape index (κ3) is 2.91. The lowest BCUT2D eigenvalue weighted by atomic mass is 10.2. The van der Waals surface area contributed by atoms with Gasteiger partial charge in [0.15, 0.2) is 5.82 Å². The third-order valence-electron chi connectivity index (χ3n) is 3.27. The molecule has 3 aromatic rings. The van der Waals surface area contributed by atoms with Crippen molar-refractivity contribution >= 4 is 5.69 Å². The molecule has 0 saturated carbocycles. The van der Waals surface area contributed by atoms with Gasteiger partial charge in [0.2, 0.25) is 0 Å². The molecule has 0 saturated heterocycles. The molecule has 21 heavy (non-hydrogen) atoms. The Morgan fingerprint density at radius 2 is 1.71 bits per heavy atom. The summed E-state index contributed by atoms with van der Waals surface area (Å²) >= 11 is 0. The number of hydrogen-bond acceptors (Lipinski definition) is 3. The van der Waals surface area contributed by atoms with Crippen LogP contribution in [-0.2, 0) is 6.54 Å². The van der Waals surface area contributed by atoms with Crippen LogP contribution in [0.2, 0.25) is 0 Å². The number of nitrogens with zero attached hydrogens (tertiary/aromatic N) is 3. The van der Waals surface area contributed by atoms with Crippen LogP contribution in [0.3, 0.4) is 0 Å². The Hall–Kier alpha value is -2.69. The SMILES string of the molecule is Cc1nc(-c2ccc(N)cc2)nn1Cc1ccc(F)cc1. The third-order valence-corrected chi connectivity index (χ3v) is 3.27. The minimum atomic E-state index is -0.239. The van der Waals surface area contributed by atoms with Crippen LogP contribution in [0.4, 0.5) is 10.1 Å². The molecule has 0 aliphatic carbocycles. The molecule has 0 amide bonds. The second-order valence-electron chi connectivity index (χ2n) is 4.89. The number of benzene rings is 2. The highest BCUT2D eigenvalue weighted by molar-refractivity contribution is 5.58. The molecule has 2 N–H and O–H groups in total. The molecule has 0 bridgehead atoms. The van der Waals surface area contributed by atoms with Crippen LogP contribution in [0, 0.1) is 12.7 Å². The standard InChI is InChI=1S/C16H15FN4/c1-11-19-16(13-4-8-15(18)9-5-13)20-21(11)10-12-2-6-14(17)7-3-12/h2-9H,10,18H2,1H3. The lowest BCUT2D eigenvalue weighted by molar-refractivity contribution is 0.623. The van der Waals surface area contributed by atoms with Crippen molar-refractivity contribution in [2.24, 2.45) is 0 Å². The smallest absolute Gasteiger partial charge is 0.181 e. The van der Waals surface area contributed by atoms with Crippen LogP contribution in [0.25, 0.3) is 11.4 Å². The molecule has 0 fully saturated rings. The molecule has 0 radical (unpaired) electrons. The molecule has 4 nitrogen and oxygen atoms in total. The highest BCUT2D eigenvalue weighted by Gasteiger charge is 2.08. The van der Waals surface area contributed by atoms with Crippen LogP contribution < -0.4 is 5.73 Å². The fourth-order valence-electron chi connectivity index (χ4n) is 2.09. The first-order valence-electron chi connectivity index (χ1n) is 6.63. The normalized spacial score (nSPS) is 10.8. The van der Waals surface area contributed by atoms with E-state index in [-0.39, 0.29) is 5.82 Å². The van der Waals surface area contributed by atoms with Crippen LogP contribution in [0.15, 0.2) is 48.5 Å². The molecular weight excluding hydrogens is 267 g/mol. The van der Waals surface area contributed by atoms with Crippen molar-refractivity contribution in [3.8, 4) is 11.4 Å². The van der Waals surface area contributed by atoms with E-state index in [0.29, 0.717) is 18.1 Å². The summed E-state index contributed by atoms with van der Waals surface area (Å²) in [5.41, 5.74) is 8.29. The van der Waals surface area contributed by atoms with Gasteiger partial charge in [-0.25, -0.2) is 14.1 Å². The Morgan fingerprint density at radius 3 is 2.38 bits per heavy atom. The van der Waals surface area contributed by atoms with E-state index in [1.54, 1.807) is 16.8 Å². The van der Waals surface area contributed by atoms with Crippen molar-refractivity contribution in [1.82, 2.24) is 14.8 Å². The number of aryl methyl sites for hydroxylation is 1. The molecule has 2 aromatic carbocycles. The average Bonchev–Trinajstić information content (AvgIpc) is 2.83. The Labute approximate surface area is 122 Å². The maximum Gasteiger partial charge on any atom is 0.181 e. The maximum absolute atomic E-state index is 12.9. The predicted molar refractivity (Wildman–Crippen MR) is 80.1 cm³/mol. The number of hydrogen-bond donors (Lipinski definition) is 1. The minimum absolute atomic E-state index is 0.239. The van der Waals surface area contributed by atoms with Crippen molar-refractivity contribution in [3.63, 3.8) is 0 Å². The summed E-state index contributed by atoms with van der Waals surface area (Å²) in [7, 11) is 0. The molecule has 106 valence electrons. The zero-order valence-electron chi connectivity index (χ0n) is 11.6. The van der Waals surface area contributed by atoms with Gasteiger partial charge in [-0.05, 0) is 48.9 Å². The van der Waals surface area contributed by atoms with E-state index in [1.807, 2.05) is 31.2 Å². The second kappa shape index (κ2) is 5.36. The molecule has 1 heterocycles.